The maximum atomic E-state index is 12.0. The predicted molar refractivity (Wildman–Crippen MR) is 103 cm³/mol. The van der Waals surface area contributed by atoms with Crippen LogP contribution in [-0.2, 0) is 17.6 Å². The van der Waals surface area contributed by atoms with Crippen molar-refractivity contribution in [3.05, 3.63) is 40.4 Å². The van der Waals surface area contributed by atoms with Gasteiger partial charge in [0.15, 0.2) is 5.13 Å². The first-order valence-electron chi connectivity index (χ1n) is 7.99. The smallest absolute Gasteiger partial charge is 0.409 e. The molecule has 142 valence electrons. The van der Waals surface area contributed by atoms with Crippen molar-refractivity contribution >= 4 is 46.4 Å². The van der Waals surface area contributed by atoms with E-state index in [4.69, 9.17) is 5.11 Å². The second-order valence-electron chi connectivity index (χ2n) is 5.43. The van der Waals surface area contributed by atoms with E-state index in [0.29, 0.717) is 34.2 Å². The Morgan fingerprint density at radius 1 is 1.22 bits per heavy atom. The van der Waals surface area contributed by atoms with Crippen LogP contribution >= 0.6 is 11.3 Å². The van der Waals surface area contributed by atoms with Crippen molar-refractivity contribution < 1.29 is 19.5 Å². The minimum absolute atomic E-state index is 0.241. The molecule has 1 heterocycles. The number of carboxylic acid groups (broad SMARTS) is 1. The summed E-state index contributed by atoms with van der Waals surface area (Å²) in [4.78, 5) is 42.4. The van der Waals surface area contributed by atoms with Crippen molar-refractivity contribution in [3.8, 4) is 0 Å². The number of hydrogen-bond acceptors (Lipinski definition) is 6. The molecule has 0 aliphatic rings. The average Bonchev–Trinajstić information content (AvgIpc) is 3.02. The Kier molecular flexibility index (Phi) is 7.00. The molecule has 4 N–H and O–H groups in total. The minimum atomic E-state index is -1.18. The summed E-state index contributed by atoms with van der Waals surface area (Å²) in [5.41, 5.74) is 2.24. The first-order chi connectivity index (χ1) is 12.9. The van der Waals surface area contributed by atoms with Crippen molar-refractivity contribution in [1.82, 2.24) is 15.6 Å². The van der Waals surface area contributed by atoms with Gasteiger partial charge in [0.1, 0.15) is 4.88 Å². The number of benzene rings is 1. The Labute approximate surface area is 159 Å². The van der Waals surface area contributed by atoms with Gasteiger partial charge in [-0.2, -0.15) is 0 Å². The van der Waals surface area contributed by atoms with Gasteiger partial charge in [0.2, 0.25) is 5.91 Å². The molecule has 27 heavy (non-hydrogen) atoms. The van der Waals surface area contributed by atoms with E-state index in [9.17, 15) is 14.4 Å². The third-order valence-electron chi connectivity index (χ3n) is 3.40. The fourth-order valence-electron chi connectivity index (χ4n) is 2.19. The number of nitrogens with one attached hydrogen (secondary N) is 3. The van der Waals surface area contributed by atoms with Gasteiger partial charge >= 0.3 is 6.09 Å². The lowest BCUT2D eigenvalue weighted by Crippen LogP contribution is -2.18. The molecule has 3 amide bonds. The molecular formula is C17H19N5O4S. The second kappa shape index (κ2) is 9.43. The van der Waals surface area contributed by atoms with Crippen LogP contribution in [0.25, 0.3) is 0 Å². The van der Waals surface area contributed by atoms with Gasteiger partial charge in [0.05, 0.1) is 17.7 Å². The van der Waals surface area contributed by atoms with Crippen LogP contribution in [0.2, 0.25) is 0 Å². The van der Waals surface area contributed by atoms with Gasteiger partial charge in [-0.05, 0) is 30.5 Å². The van der Waals surface area contributed by atoms with Crippen LogP contribution in [0.1, 0.15) is 27.9 Å². The van der Waals surface area contributed by atoms with Gasteiger partial charge in [-0.25, -0.2) is 14.8 Å². The first kappa shape index (κ1) is 20.0. The first-order valence-corrected chi connectivity index (χ1v) is 8.81. The zero-order chi connectivity index (χ0) is 19.8. The highest BCUT2D eigenvalue weighted by Crippen LogP contribution is 2.24. The molecule has 0 saturated heterocycles. The Hall–Kier alpha value is -3.27. The number of rotatable bonds is 7. The van der Waals surface area contributed by atoms with Gasteiger partial charge in [-0.3, -0.25) is 14.9 Å². The maximum absolute atomic E-state index is 12.0. The zero-order valence-corrected chi connectivity index (χ0v) is 15.6. The number of carbonyl (C=O) groups is 3. The zero-order valence-electron chi connectivity index (χ0n) is 14.8. The molecule has 2 rings (SSSR count). The second-order valence-corrected chi connectivity index (χ2v) is 6.43. The van der Waals surface area contributed by atoms with Crippen LogP contribution in [0.3, 0.4) is 0 Å². The summed E-state index contributed by atoms with van der Waals surface area (Å²) in [7, 11) is 1.54. The number of aliphatic imine (C=N–C) groups is 1. The van der Waals surface area contributed by atoms with Crippen LogP contribution in [0.5, 0.6) is 0 Å². The maximum Gasteiger partial charge on any atom is 0.409 e. The van der Waals surface area contributed by atoms with Gasteiger partial charge in [-0.15, -0.1) is 0 Å². The molecule has 0 saturated carbocycles. The molecule has 0 atom stereocenters. The van der Waals surface area contributed by atoms with Crippen molar-refractivity contribution in [2.45, 2.75) is 19.8 Å². The summed E-state index contributed by atoms with van der Waals surface area (Å²) in [5, 5.41) is 16.1. The number of amides is 3. The Morgan fingerprint density at radius 3 is 2.52 bits per heavy atom. The fraction of sp³-hybridized carbons (Fsp3) is 0.235. The number of anilines is 1. The average molecular weight is 389 g/mol. The number of nitrogens with zero attached hydrogens (tertiary/aromatic N) is 2. The summed E-state index contributed by atoms with van der Waals surface area (Å²) < 4.78 is 0. The number of aromatic nitrogens is 1. The molecule has 0 radical (unpaired) electrons. The quantitative estimate of drug-likeness (QED) is 0.425. The topological polar surface area (TPSA) is 133 Å². The van der Waals surface area contributed by atoms with E-state index in [1.54, 1.807) is 19.2 Å². The van der Waals surface area contributed by atoms with Crippen LogP contribution in [0, 0.1) is 0 Å². The van der Waals surface area contributed by atoms with E-state index in [1.165, 1.54) is 6.92 Å². The van der Waals surface area contributed by atoms with Crippen LogP contribution in [0.4, 0.5) is 15.6 Å². The molecule has 10 heteroatoms. The Balaban J connectivity index is 2.05. The lowest BCUT2D eigenvalue weighted by Gasteiger charge is -2.03. The van der Waals surface area contributed by atoms with E-state index in [2.05, 4.69) is 20.6 Å². The lowest BCUT2D eigenvalue weighted by atomic mass is 10.1. The van der Waals surface area contributed by atoms with Gasteiger partial charge in [0, 0.05) is 14.0 Å². The molecular weight excluding hydrogens is 370 g/mol. The largest absolute Gasteiger partial charge is 0.465 e. The summed E-state index contributed by atoms with van der Waals surface area (Å²) >= 11 is 1.14. The lowest BCUT2D eigenvalue weighted by molar-refractivity contribution is -0.114. The standard InChI is InChI=1S/C17H19N5O4S/c1-10(23)21-16-22-13(14(27-16)15(24)18-2)8-5-11-3-6-12(7-4-11)19-9-20-17(25)26/h3-4,6-7,9H,5,8H2,1-2H3,(H,18,24)(H,19,20)(H,25,26)(H,21,22,23). The summed E-state index contributed by atoms with van der Waals surface area (Å²) in [6.07, 6.45) is 1.10. The highest BCUT2D eigenvalue weighted by molar-refractivity contribution is 7.17. The van der Waals surface area contributed by atoms with Gasteiger partial charge < -0.3 is 15.7 Å². The Bertz CT molecular complexity index is 861. The molecule has 1 aromatic heterocycles. The normalized spacial score (nSPS) is 10.6. The molecule has 0 bridgehead atoms. The molecule has 0 unspecified atom stereocenters. The van der Waals surface area contributed by atoms with Crippen LogP contribution in [-0.4, -0.2) is 41.4 Å². The number of aryl methyl sites for hydroxylation is 2. The van der Waals surface area contributed by atoms with Crippen molar-refractivity contribution in [2.24, 2.45) is 4.99 Å². The highest BCUT2D eigenvalue weighted by atomic mass is 32.1. The fourth-order valence-corrected chi connectivity index (χ4v) is 3.19. The summed E-state index contributed by atoms with van der Waals surface area (Å²) in [5.74, 6) is -0.484. The minimum Gasteiger partial charge on any atom is -0.465 e. The molecule has 0 aliphatic carbocycles. The highest BCUT2D eigenvalue weighted by Gasteiger charge is 2.17. The van der Waals surface area contributed by atoms with E-state index < -0.39 is 6.09 Å². The monoisotopic (exact) mass is 389 g/mol. The molecule has 0 aliphatic heterocycles. The third kappa shape index (κ3) is 6.19. The number of carbonyl (C=O) groups excluding carboxylic acids is 2. The van der Waals surface area contributed by atoms with E-state index >= 15 is 0 Å². The molecule has 0 fully saturated rings. The molecule has 2 aromatic rings. The molecule has 0 spiro atoms. The van der Waals surface area contributed by atoms with Crippen molar-refractivity contribution in [2.75, 3.05) is 12.4 Å². The molecule has 9 nitrogen and oxygen atoms in total. The van der Waals surface area contributed by atoms with E-state index in [1.807, 2.05) is 17.4 Å². The van der Waals surface area contributed by atoms with Crippen molar-refractivity contribution in [3.63, 3.8) is 0 Å². The summed E-state index contributed by atoms with van der Waals surface area (Å²) in [6.45, 7) is 1.39. The van der Waals surface area contributed by atoms with E-state index in [-0.39, 0.29) is 11.8 Å². The van der Waals surface area contributed by atoms with Gasteiger partial charge in [-0.1, -0.05) is 23.5 Å². The van der Waals surface area contributed by atoms with Crippen molar-refractivity contribution in [1.29, 1.82) is 0 Å². The van der Waals surface area contributed by atoms with Gasteiger partial charge in [0.25, 0.3) is 5.91 Å². The summed E-state index contributed by atoms with van der Waals surface area (Å²) in [6, 6.07) is 7.26. The van der Waals surface area contributed by atoms with Crippen LogP contribution in [0.15, 0.2) is 29.3 Å². The predicted octanol–water partition coefficient (Wildman–Crippen LogP) is 2.17. The Morgan fingerprint density at radius 2 is 1.93 bits per heavy atom. The number of hydrogen-bond donors (Lipinski definition) is 4. The molecule has 1 aromatic carbocycles. The SMILES string of the molecule is CNC(=O)c1sc(NC(C)=O)nc1CCc1ccc(N=CNC(=O)O)cc1. The van der Waals surface area contributed by atoms with Crippen LogP contribution < -0.4 is 16.0 Å². The number of thiazole rings is 1. The third-order valence-corrected chi connectivity index (χ3v) is 4.41. The van der Waals surface area contributed by atoms with E-state index in [0.717, 1.165) is 23.2 Å².